The second kappa shape index (κ2) is 7.94. The maximum Gasteiger partial charge on any atom is 0.275 e. The van der Waals surface area contributed by atoms with Crippen LogP contribution in [0.15, 0.2) is 48.8 Å². The molecule has 0 bridgehead atoms. The third-order valence-electron chi connectivity index (χ3n) is 6.08. The fourth-order valence-electron chi connectivity index (χ4n) is 4.61. The number of hydrogen-bond acceptors (Lipinski definition) is 4. The summed E-state index contributed by atoms with van der Waals surface area (Å²) in [6.07, 6.45) is 7.98. The lowest BCUT2D eigenvalue weighted by molar-refractivity contribution is 0.0710. The number of hydrogen-bond donors (Lipinski definition) is 0. The molecule has 1 unspecified atom stereocenters. The molecule has 0 radical (unpaired) electrons. The van der Waals surface area contributed by atoms with Gasteiger partial charge in [0.1, 0.15) is 0 Å². The van der Waals surface area contributed by atoms with Crippen molar-refractivity contribution >= 4 is 5.91 Å². The Labute approximate surface area is 176 Å². The summed E-state index contributed by atoms with van der Waals surface area (Å²) >= 11 is 0. The topological polar surface area (TPSA) is 60.2 Å². The first-order valence-corrected chi connectivity index (χ1v) is 10.8. The molecule has 1 amide bonds. The molecule has 1 atom stereocenters. The molecular formula is C24H26N4O2. The third kappa shape index (κ3) is 3.36. The van der Waals surface area contributed by atoms with Crippen molar-refractivity contribution in [3.63, 3.8) is 0 Å². The van der Waals surface area contributed by atoms with Gasteiger partial charge in [-0.05, 0) is 54.5 Å². The number of rotatable bonds is 5. The molecule has 6 nitrogen and oxygen atoms in total. The molecule has 0 spiro atoms. The Kier molecular flexibility index (Phi) is 4.99. The number of nitrogens with zero attached hydrogens (tertiary/aromatic N) is 4. The fraction of sp³-hybridized carbons (Fsp3) is 0.375. The molecule has 1 aliphatic heterocycles. The summed E-state index contributed by atoms with van der Waals surface area (Å²) in [6, 6.07) is 12.2. The molecule has 0 N–H and O–H groups in total. The van der Waals surface area contributed by atoms with Gasteiger partial charge < -0.3 is 9.64 Å². The zero-order valence-electron chi connectivity index (χ0n) is 17.3. The molecule has 0 fully saturated rings. The van der Waals surface area contributed by atoms with Crippen LogP contribution in [-0.4, -0.2) is 38.7 Å². The van der Waals surface area contributed by atoms with Crippen LogP contribution in [0.5, 0.6) is 5.88 Å². The van der Waals surface area contributed by atoms with Crippen molar-refractivity contribution in [2.75, 3.05) is 13.2 Å². The molecule has 0 saturated carbocycles. The van der Waals surface area contributed by atoms with Crippen LogP contribution in [0.2, 0.25) is 0 Å². The van der Waals surface area contributed by atoms with Gasteiger partial charge in [-0.25, -0.2) is 4.68 Å². The van der Waals surface area contributed by atoms with E-state index in [4.69, 9.17) is 4.74 Å². The van der Waals surface area contributed by atoms with Crippen molar-refractivity contribution in [2.45, 2.75) is 45.2 Å². The molecule has 3 aromatic rings. The summed E-state index contributed by atoms with van der Waals surface area (Å²) in [5.74, 6) is 0.591. The monoisotopic (exact) mass is 402 g/mol. The van der Waals surface area contributed by atoms with Gasteiger partial charge in [0.05, 0.1) is 12.6 Å². The van der Waals surface area contributed by atoms with Gasteiger partial charge in [-0.2, -0.15) is 5.10 Å². The second-order valence-corrected chi connectivity index (χ2v) is 7.95. The summed E-state index contributed by atoms with van der Waals surface area (Å²) in [5.41, 5.74) is 5.39. The van der Waals surface area contributed by atoms with E-state index >= 15 is 0 Å². The smallest absolute Gasteiger partial charge is 0.275 e. The molecule has 2 aromatic heterocycles. The van der Waals surface area contributed by atoms with Gasteiger partial charge in [0.25, 0.3) is 5.91 Å². The van der Waals surface area contributed by atoms with Crippen LogP contribution in [-0.2, 0) is 19.4 Å². The summed E-state index contributed by atoms with van der Waals surface area (Å²) < 4.78 is 7.46. The summed E-state index contributed by atoms with van der Waals surface area (Å²) in [4.78, 5) is 19.8. The normalized spacial score (nSPS) is 15.8. The van der Waals surface area contributed by atoms with Gasteiger partial charge in [-0.1, -0.05) is 24.3 Å². The highest BCUT2D eigenvalue weighted by Gasteiger charge is 2.30. The molecule has 1 aliphatic carbocycles. The first-order chi connectivity index (χ1) is 14.7. The van der Waals surface area contributed by atoms with Crippen molar-refractivity contribution in [3.05, 3.63) is 76.7 Å². The first-order valence-electron chi connectivity index (χ1n) is 10.8. The van der Waals surface area contributed by atoms with Crippen molar-refractivity contribution in [1.82, 2.24) is 19.7 Å². The van der Waals surface area contributed by atoms with Crippen LogP contribution in [0.3, 0.4) is 0 Å². The van der Waals surface area contributed by atoms with E-state index in [2.05, 4.69) is 28.3 Å². The van der Waals surface area contributed by atoms with Crippen molar-refractivity contribution in [2.24, 2.45) is 0 Å². The predicted molar refractivity (Wildman–Crippen MR) is 114 cm³/mol. The number of aromatic nitrogens is 3. The van der Waals surface area contributed by atoms with Gasteiger partial charge in [0, 0.05) is 38.0 Å². The van der Waals surface area contributed by atoms with E-state index in [1.807, 2.05) is 30.2 Å². The van der Waals surface area contributed by atoms with Crippen LogP contribution in [0.4, 0.5) is 0 Å². The van der Waals surface area contributed by atoms with Crippen molar-refractivity contribution in [3.8, 4) is 5.88 Å². The molecule has 3 heterocycles. The van der Waals surface area contributed by atoms with Crippen LogP contribution < -0.4 is 4.74 Å². The number of aryl methyl sites for hydroxylation is 3. The molecule has 30 heavy (non-hydrogen) atoms. The lowest BCUT2D eigenvalue weighted by atomic mass is 9.95. The molecule has 1 aromatic carbocycles. The standard InChI is InChI=1S/C24H26N4O2/c1-2-27(24(29)21-15-22-28(26-21)12-5-13-30-22)23(20-8-4-11-25-16-20)19-10-9-17-6-3-7-18(17)14-19/h4,8-11,14-16,23H,2-3,5-7,12-13H2,1H3. The Balaban J connectivity index is 1.55. The predicted octanol–water partition coefficient (Wildman–Crippen LogP) is 3.80. The Morgan fingerprint density at radius 2 is 2.07 bits per heavy atom. The van der Waals surface area contributed by atoms with Crippen LogP contribution in [0.25, 0.3) is 0 Å². The highest BCUT2D eigenvalue weighted by molar-refractivity contribution is 5.93. The first kappa shape index (κ1) is 18.9. The lowest BCUT2D eigenvalue weighted by Crippen LogP contribution is -2.36. The minimum absolute atomic E-state index is 0.0858. The average molecular weight is 402 g/mol. The minimum atomic E-state index is -0.207. The Hall–Kier alpha value is -3.15. The van der Waals surface area contributed by atoms with Gasteiger partial charge in [0.15, 0.2) is 5.69 Å². The number of ether oxygens (including phenoxy) is 1. The SMILES string of the molecule is CCN(C(=O)c1cc2n(n1)CCCO2)C(c1cccnc1)c1ccc2c(c1)CCC2. The average Bonchev–Trinajstić information content (AvgIpc) is 3.43. The van der Waals surface area contributed by atoms with Crippen LogP contribution >= 0.6 is 0 Å². The van der Waals surface area contributed by atoms with Crippen molar-refractivity contribution < 1.29 is 9.53 Å². The van der Waals surface area contributed by atoms with E-state index < -0.39 is 0 Å². The Morgan fingerprint density at radius 1 is 1.17 bits per heavy atom. The quantitative estimate of drug-likeness (QED) is 0.651. The minimum Gasteiger partial charge on any atom is -0.478 e. The van der Waals surface area contributed by atoms with E-state index in [1.54, 1.807) is 16.9 Å². The van der Waals surface area contributed by atoms with Gasteiger partial charge >= 0.3 is 0 Å². The molecular weight excluding hydrogens is 376 g/mol. The number of fused-ring (bicyclic) bond motifs is 2. The third-order valence-corrected chi connectivity index (χ3v) is 6.08. The molecule has 6 heteroatoms. The fourth-order valence-corrected chi connectivity index (χ4v) is 4.61. The maximum absolute atomic E-state index is 13.6. The highest BCUT2D eigenvalue weighted by Crippen LogP contribution is 2.33. The van der Waals surface area contributed by atoms with E-state index in [0.717, 1.165) is 36.9 Å². The highest BCUT2D eigenvalue weighted by atomic mass is 16.5. The second-order valence-electron chi connectivity index (χ2n) is 7.95. The summed E-state index contributed by atoms with van der Waals surface area (Å²) in [6.45, 7) is 4.04. The molecule has 5 rings (SSSR count). The Morgan fingerprint density at radius 3 is 2.87 bits per heavy atom. The number of benzene rings is 1. The Bertz CT molecular complexity index is 1040. The summed E-state index contributed by atoms with van der Waals surface area (Å²) in [5, 5.41) is 4.53. The number of amides is 1. The number of carbonyl (C=O) groups is 1. The van der Waals surface area contributed by atoms with Gasteiger partial charge in [-0.3, -0.25) is 9.78 Å². The molecule has 2 aliphatic rings. The van der Waals surface area contributed by atoms with E-state index in [-0.39, 0.29) is 11.9 Å². The van der Waals surface area contributed by atoms with Crippen molar-refractivity contribution in [1.29, 1.82) is 0 Å². The molecule has 0 saturated heterocycles. The number of pyridine rings is 1. The zero-order chi connectivity index (χ0) is 20.5. The van der Waals surface area contributed by atoms with E-state index in [1.165, 1.54) is 17.5 Å². The van der Waals surface area contributed by atoms with Gasteiger partial charge in [0.2, 0.25) is 5.88 Å². The largest absolute Gasteiger partial charge is 0.478 e. The zero-order valence-corrected chi connectivity index (χ0v) is 17.3. The summed E-state index contributed by atoms with van der Waals surface area (Å²) in [7, 11) is 0. The van der Waals surface area contributed by atoms with E-state index in [0.29, 0.717) is 24.7 Å². The van der Waals surface area contributed by atoms with Gasteiger partial charge in [-0.15, -0.1) is 0 Å². The maximum atomic E-state index is 13.6. The van der Waals surface area contributed by atoms with E-state index in [9.17, 15) is 4.79 Å². The van der Waals surface area contributed by atoms with Crippen LogP contribution in [0.1, 0.15) is 58.5 Å². The molecule has 154 valence electrons. The lowest BCUT2D eigenvalue weighted by Gasteiger charge is -2.31. The number of carbonyl (C=O) groups excluding carboxylic acids is 1. The van der Waals surface area contributed by atoms with Crippen LogP contribution in [0, 0.1) is 0 Å².